The lowest BCUT2D eigenvalue weighted by Gasteiger charge is -2.06. The van der Waals surface area contributed by atoms with Crippen LogP contribution in [0.15, 0.2) is 30.6 Å². The van der Waals surface area contributed by atoms with Gasteiger partial charge in [-0.1, -0.05) is 32.6 Å². The first-order valence-electron chi connectivity index (χ1n) is 8.87. The summed E-state index contributed by atoms with van der Waals surface area (Å²) in [4.78, 5) is 41.3. The van der Waals surface area contributed by atoms with Crippen molar-refractivity contribution >= 4 is 17.8 Å². The van der Waals surface area contributed by atoms with Gasteiger partial charge < -0.3 is 20.2 Å². The van der Waals surface area contributed by atoms with Crippen LogP contribution in [0.2, 0.25) is 0 Å². The summed E-state index contributed by atoms with van der Waals surface area (Å²) in [6.07, 6.45) is 6.82. The second-order valence-electron chi connectivity index (χ2n) is 6.00. The molecule has 0 aliphatic carbocycles. The second kappa shape index (κ2) is 10.1. The average molecular weight is 373 g/mol. The predicted octanol–water partition coefficient (Wildman–Crippen LogP) is 2.99. The Balaban J connectivity index is 1.85. The number of nitrogens with two attached hydrogens (primary N) is 1. The van der Waals surface area contributed by atoms with Gasteiger partial charge in [-0.3, -0.25) is 9.59 Å². The number of ether oxygens (including phenoxy) is 2. The number of amides is 1. The van der Waals surface area contributed by atoms with Gasteiger partial charge in [0.2, 0.25) is 0 Å². The molecule has 0 saturated heterocycles. The third-order valence-electron chi connectivity index (χ3n) is 3.85. The number of esters is 2. The molecule has 0 atom stereocenters. The lowest BCUT2D eigenvalue weighted by atomic mass is 10.1. The fourth-order valence-corrected chi connectivity index (χ4v) is 2.40. The molecule has 0 fully saturated rings. The summed E-state index contributed by atoms with van der Waals surface area (Å²) in [5, 5.41) is 0. The Labute approximate surface area is 157 Å². The zero-order valence-corrected chi connectivity index (χ0v) is 15.2. The highest BCUT2D eigenvalue weighted by Crippen LogP contribution is 2.17. The van der Waals surface area contributed by atoms with E-state index in [1.807, 2.05) is 0 Å². The molecule has 0 saturated carbocycles. The number of benzene rings is 1. The first-order chi connectivity index (χ1) is 13.0. The highest BCUT2D eigenvalue weighted by molar-refractivity contribution is 5.96. The monoisotopic (exact) mass is 373 g/mol. The number of imidazole rings is 1. The van der Waals surface area contributed by atoms with Gasteiger partial charge in [-0.05, 0) is 30.7 Å². The third kappa shape index (κ3) is 6.25. The summed E-state index contributed by atoms with van der Waals surface area (Å²) in [5.41, 5.74) is 5.27. The van der Waals surface area contributed by atoms with Crippen molar-refractivity contribution in [2.24, 2.45) is 5.73 Å². The van der Waals surface area contributed by atoms with Crippen LogP contribution in [0.4, 0.5) is 0 Å². The molecule has 0 spiro atoms. The number of carbonyl (C=O) groups excluding carboxylic acids is 3. The average Bonchev–Trinajstić information content (AvgIpc) is 3.10. The van der Waals surface area contributed by atoms with Crippen LogP contribution in [0.1, 0.15) is 66.3 Å². The molecule has 2 aromatic rings. The van der Waals surface area contributed by atoms with Crippen molar-refractivity contribution in [3.63, 3.8) is 0 Å². The van der Waals surface area contributed by atoms with E-state index in [0.717, 1.165) is 25.7 Å². The molecule has 0 aliphatic rings. The smallest absolute Gasteiger partial charge is 0.344 e. The SMILES string of the molecule is CCCCCCCC(=O)Oc1ccc(C(=O)Oc2nc[nH]c2C(N)=O)cc1. The molecule has 1 aromatic heterocycles. The first kappa shape index (κ1) is 20.2. The molecule has 8 nitrogen and oxygen atoms in total. The molecular weight excluding hydrogens is 350 g/mol. The van der Waals surface area contributed by atoms with Gasteiger partial charge in [-0.25, -0.2) is 9.78 Å². The van der Waals surface area contributed by atoms with Crippen molar-refractivity contribution in [3.05, 3.63) is 41.9 Å². The van der Waals surface area contributed by atoms with Crippen LogP contribution in [0.3, 0.4) is 0 Å². The molecule has 0 bridgehead atoms. The van der Waals surface area contributed by atoms with Crippen LogP contribution in [0.5, 0.6) is 11.6 Å². The summed E-state index contributed by atoms with van der Waals surface area (Å²) >= 11 is 0. The zero-order chi connectivity index (χ0) is 19.6. The molecule has 1 aromatic carbocycles. The van der Waals surface area contributed by atoms with Crippen LogP contribution in [-0.4, -0.2) is 27.8 Å². The molecular formula is C19H23N3O5. The fraction of sp³-hybridized carbons (Fsp3) is 0.368. The van der Waals surface area contributed by atoms with Crippen molar-refractivity contribution in [2.75, 3.05) is 0 Å². The summed E-state index contributed by atoms with van der Waals surface area (Å²) in [6.45, 7) is 2.14. The quantitative estimate of drug-likeness (QED) is 0.375. The number of carbonyl (C=O) groups is 3. The largest absolute Gasteiger partial charge is 0.427 e. The number of rotatable bonds is 10. The number of hydrogen-bond acceptors (Lipinski definition) is 6. The van der Waals surface area contributed by atoms with E-state index < -0.39 is 11.9 Å². The molecule has 0 aliphatic heterocycles. The first-order valence-corrected chi connectivity index (χ1v) is 8.87. The van der Waals surface area contributed by atoms with Crippen molar-refractivity contribution in [3.8, 4) is 11.6 Å². The number of hydrogen-bond donors (Lipinski definition) is 2. The Morgan fingerprint density at radius 1 is 1.04 bits per heavy atom. The predicted molar refractivity (Wildman–Crippen MR) is 97.5 cm³/mol. The van der Waals surface area contributed by atoms with Crippen molar-refractivity contribution in [1.82, 2.24) is 9.97 Å². The van der Waals surface area contributed by atoms with E-state index in [-0.39, 0.29) is 23.1 Å². The maximum absolute atomic E-state index is 12.1. The van der Waals surface area contributed by atoms with Gasteiger partial charge in [-0.2, -0.15) is 0 Å². The molecule has 0 radical (unpaired) electrons. The van der Waals surface area contributed by atoms with Crippen LogP contribution in [0, 0.1) is 0 Å². The highest BCUT2D eigenvalue weighted by Gasteiger charge is 2.17. The van der Waals surface area contributed by atoms with Gasteiger partial charge >= 0.3 is 11.9 Å². The summed E-state index contributed by atoms with van der Waals surface area (Å²) in [6, 6.07) is 5.93. The lowest BCUT2D eigenvalue weighted by Crippen LogP contribution is -2.16. The van der Waals surface area contributed by atoms with Crippen molar-refractivity contribution in [1.29, 1.82) is 0 Å². The normalized spacial score (nSPS) is 10.4. The van der Waals surface area contributed by atoms with Crippen molar-refractivity contribution in [2.45, 2.75) is 45.4 Å². The topological polar surface area (TPSA) is 124 Å². The van der Waals surface area contributed by atoms with Crippen LogP contribution >= 0.6 is 0 Å². The molecule has 27 heavy (non-hydrogen) atoms. The molecule has 8 heteroatoms. The molecule has 144 valence electrons. The van der Waals surface area contributed by atoms with E-state index in [1.54, 1.807) is 0 Å². The maximum atomic E-state index is 12.1. The van der Waals surface area contributed by atoms with Crippen LogP contribution in [-0.2, 0) is 4.79 Å². The van der Waals surface area contributed by atoms with E-state index in [0.29, 0.717) is 12.2 Å². The van der Waals surface area contributed by atoms with Crippen LogP contribution in [0.25, 0.3) is 0 Å². The molecule has 3 N–H and O–H groups in total. The van der Waals surface area contributed by atoms with Gasteiger partial charge in [0.1, 0.15) is 5.75 Å². The number of aromatic nitrogens is 2. The fourth-order valence-electron chi connectivity index (χ4n) is 2.40. The van der Waals surface area contributed by atoms with Crippen LogP contribution < -0.4 is 15.2 Å². The minimum absolute atomic E-state index is 0.0900. The number of H-pyrrole nitrogens is 1. The lowest BCUT2D eigenvalue weighted by molar-refractivity contribution is -0.134. The van der Waals surface area contributed by atoms with Gasteiger partial charge in [0.25, 0.3) is 11.8 Å². The van der Waals surface area contributed by atoms with Gasteiger partial charge in [0.15, 0.2) is 5.69 Å². The number of nitrogens with zero attached hydrogens (tertiary/aromatic N) is 1. The standard InChI is InChI=1S/C19H23N3O5/c1-2-3-4-5-6-7-15(23)26-14-10-8-13(9-11-14)19(25)27-18-16(17(20)24)21-12-22-18/h8-12H,2-7H2,1H3,(H2,20,24)(H,21,22). The Morgan fingerprint density at radius 3 is 2.41 bits per heavy atom. The molecule has 2 rings (SSSR count). The molecule has 0 unspecified atom stereocenters. The minimum Gasteiger partial charge on any atom is -0.427 e. The Morgan fingerprint density at radius 2 is 1.74 bits per heavy atom. The number of primary amides is 1. The minimum atomic E-state index is -0.785. The maximum Gasteiger partial charge on any atom is 0.344 e. The summed E-state index contributed by atoms with van der Waals surface area (Å²) in [5.74, 6) is -1.64. The van der Waals surface area contributed by atoms with E-state index in [9.17, 15) is 14.4 Å². The summed E-state index contributed by atoms with van der Waals surface area (Å²) in [7, 11) is 0. The number of unbranched alkanes of at least 4 members (excludes halogenated alkanes) is 4. The van der Waals surface area contributed by atoms with E-state index in [2.05, 4.69) is 16.9 Å². The number of nitrogens with one attached hydrogen (secondary N) is 1. The highest BCUT2D eigenvalue weighted by atomic mass is 16.5. The van der Waals surface area contributed by atoms with E-state index in [1.165, 1.54) is 37.0 Å². The molecule has 1 amide bonds. The Kier molecular flexibility index (Phi) is 7.54. The van der Waals surface area contributed by atoms with Gasteiger partial charge in [-0.15, -0.1) is 0 Å². The third-order valence-corrected chi connectivity index (χ3v) is 3.85. The van der Waals surface area contributed by atoms with E-state index >= 15 is 0 Å². The zero-order valence-electron chi connectivity index (χ0n) is 15.2. The Bertz CT molecular complexity index is 783. The second-order valence-corrected chi connectivity index (χ2v) is 6.00. The van der Waals surface area contributed by atoms with Gasteiger partial charge in [0, 0.05) is 6.42 Å². The molecule has 1 heterocycles. The van der Waals surface area contributed by atoms with Crippen molar-refractivity contribution < 1.29 is 23.9 Å². The van der Waals surface area contributed by atoms with Gasteiger partial charge in [0.05, 0.1) is 11.9 Å². The summed E-state index contributed by atoms with van der Waals surface area (Å²) < 4.78 is 10.3. The Hall–Kier alpha value is -3.16. The number of aromatic amines is 1. The van der Waals surface area contributed by atoms with E-state index in [4.69, 9.17) is 15.2 Å².